The van der Waals surface area contributed by atoms with E-state index in [4.69, 9.17) is 9.40 Å². The highest BCUT2D eigenvalue weighted by Crippen LogP contribution is 2.46. The smallest absolute Gasteiger partial charge is 0.160 e. The molecule has 3 aromatic heterocycles. The SMILES string of the molecule is c1ccc(-c2cc(-n3c4ccccc4c4c5ccccc5c5c6ccccc6oc5c43)cc(-c3ccccc3)n2)cc1. The standard InChI is InChI=1S/C39H24N2O/c1-3-13-25(14-4-1)32-23-27(24-33(40-32)26-15-5-2-6-16-26)41-34-21-11-9-19-30(34)36-28-17-7-8-18-29(28)37-31-20-10-12-22-35(31)42-39(37)38(36)41/h1-24H. The molecule has 3 heterocycles. The minimum Gasteiger partial charge on any atom is -0.454 e. The Morgan fingerprint density at radius 3 is 1.67 bits per heavy atom. The minimum atomic E-state index is 0.895. The van der Waals surface area contributed by atoms with Crippen molar-refractivity contribution in [2.24, 2.45) is 0 Å². The molecule has 42 heavy (non-hydrogen) atoms. The van der Waals surface area contributed by atoms with Crippen molar-refractivity contribution < 1.29 is 4.42 Å². The van der Waals surface area contributed by atoms with Gasteiger partial charge >= 0.3 is 0 Å². The summed E-state index contributed by atoms with van der Waals surface area (Å²) in [5, 5.41) is 7.11. The molecular weight excluding hydrogens is 512 g/mol. The van der Waals surface area contributed by atoms with Crippen LogP contribution in [0.3, 0.4) is 0 Å². The van der Waals surface area contributed by atoms with Gasteiger partial charge in [0.1, 0.15) is 5.58 Å². The van der Waals surface area contributed by atoms with Crippen LogP contribution in [0.15, 0.2) is 150 Å². The summed E-state index contributed by atoms with van der Waals surface area (Å²) in [6.07, 6.45) is 0. The predicted octanol–water partition coefficient (Wildman–Crippen LogP) is 10.6. The number of furan rings is 1. The first-order valence-electron chi connectivity index (χ1n) is 14.2. The molecule has 6 aromatic carbocycles. The molecule has 0 saturated heterocycles. The third kappa shape index (κ3) is 3.31. The first-order valence-corrected chi connectivity index (χ1v) is 14.2. The molecule has 0 amide bonds. The van der Waals surface area contributed by atoms with Crippen molar-refractivity contribution in [1.29, 1.82) is 0 Å². The van der Waals surface area contributed by atoms with E-state index in [0.29, 0.717) is 0 Å². The Morgan fingerprint density at radius 1 is 0.476 bits per heavy atom. The molecule has 3 nitrogen and oxygen atoms in total. The molecule has 0 aliphatic carbocycles. The van der Waals surface area contributed by atoms with Crippen molar-refractivity contribution >= 4 is 54.5 Å². The Balaban J connectivity index is 1.50. The molecule has 0 N–H and O–H groups in total. The maximum absolute atomic E-state index is 6.76. The first kappa shape index (κ1) is 23.1. The van der Waals surface area contributed by atoms with Crippen LogP contribution in [0, 0.1) is 0 Å². The summed E-state index contributed by atoms with van der Waals surface area (Å²) >= 11 is 0. The van der Waals surface area contributed by atoms with Crippen LogP contribution < -0.4 is 0 Å². The van der Waals surface area contributed by atoms with Gasteiger partial charge in [-0.25, -0.2) is 4.98 Å². The molecule has 0 aliphatic heterocycles. The summed E-state index contributed by atoms with van der Waals surface area (Å²) in [7, 11) is 0. The summed E-state index contributed by atoms with van der Waals surface area (Å²) in [5.41, 5.74) is 9.07. The quantitative estimate of drug-likeness (QED) is 0.225. The van der Waals surface area contributed by atoms with Crippen LogP contribution >= 0.6 is 0 Å². The zero-order valence-electron chi connectivity index (χ0n) is 22.7. The van der Waals surface area contributed by atoms with Gasteiger partial charge in [-0.3, -0.25) is 0 Å². The molecule has 3 heteroatoms. The highest BCUT2D eigenvalue weighted by molar-refractivity contribution is 6.35. The maximum atomic E-state index is 6.76. The fourth-order valence-electron chi connectivity index (χ4n) is 6.55. The Hall–Kier alpha value is -5.67. The van der Waals surface area contributed by atoms with Crippen LogP contribution in [-0.2, 0) is 0 Å². The van der Waals surface area contributed by atoms with E-state index in [2.05, 4.69) is 132 Å². The summed E-state index contributed by atoms with van der Waals surface area (Å²) < 4.78 is 9.14. The minimum absolute atomic E-state index is 0.895. The van der Waals surface area contributed by atoms with E-state index >= 15 is 0 Å². The fourth-order valence-corrected chi connectivity index (χ4v) is 6.55. The van der Waals surface area contributed by atoms with Gasteiger partial charge in [0.15, 0.2) is 5.58 Å². The third-order valence-corrected chi connectivity index (χ3v) is 8.36. The Kier molecular flexibility index (Phi) is 4.90. The van der Waals surface area contributed by atoms with Crippen molar-refractivity contribution in [1.82, 2.24) is 9.55 Å². The average molecular weight is 537 g/mol. The van der Waals surface area contributed by atoms with Crippen LogP contribution in [0.1, 0.15) is 0 Å². The largest absolute Gasteiger partial charge is 0.454 e. The average Bonchev–Trinajstić information content (AvgIpc) is 3.62. The van der Waals surface area contributed by atoms with Gasteiger partial charge < -0.3 is 8.98 Å². The highest BCUT2D eigenvalue weighted by atomic mass is 16.3. The molecule has 0 radical (unpaired) electrons. The molecule has 0 saturated carbocycles. The van der Waals surface area contributed by atoms with E-state index in [0.717, 1.165) is 61.2 Å². The highest BCUT2D eigenvalue weighted by Gasteiger charge is 2.23. The van der Waals surface area contributed by atoms with Gasteiger partial charge in [-0.15, -0.1) is 0 Å². The summed E-state index contributed by atoms with van der Waals surface area (Å²) in [5.74, 6) is 0. The van der Waals surface area contributed by atoms with Gasteiger partial charge in [0.25, 0.3) is 0 Å². The number of aromatic nitrogens is 2. The molecule has 0 aliphatic rings. The van der Waals surface area contributed by atoms with Crippen molar-refractivity contribution in [3.63, 3.8) is 0 Å². The molecule has 9 rings (SSSR count). The number of hydrogen-bond donors (Lipinski definition) is 0. The zero-order valence-corrected chi connectivity index (χ0v) is 22.7. The first-order chi connectivity index (χ1) is 20.8. The van der Waals surface area contributed by atoms with Crippen molar-refractivity contribution in [3.05, 3.63) is 146 Å². The van der Waals surface area contributed by atoms with Crippen LogP contribution in [0.2, 0.25) is 0 Å². The van der Waals surface area contributed by atoms with Crippen molar-refractivity contribution in [2.45, 2.75) is 0 Å². The molecule has 0 atom stereocenters. The second-order valence-corrected chi connectivity index (χ2v) is 10.8. The van der Waals surface area contributed by atoms with Crippen molar-refractivity contribution in [3.8, 4) is 28.2 Å². The lowest BCUT2D eigenvalue weighted by Gasteiger charge is -2.13. The van der Waals surface area contributed by atoms with Gasteiger partial charge in [-0.2, -0.15) is 0 Å². The van der Waals surface area contributed by atoms with Crippen LogP contribution in [0.25, 0.3) is 82.7 Å². The molecule has 0 fully saturated rings. The fraction of sp³-hybridized carbons (Fsp3) is 0. The molecule has 0 bridgehead atoms. The summed E-state index contributed by atoms with van der Waals surface area (Å²) in [6, 6.07) is 51.0. The number of rotatable bonds is 3. The normalized spacial score (nSPS) is 11.8. The molecular formula is C39H24N2O. The van der Waals surface area contributed by atoms with Gasteiger partial charge in [0, 0.05) is 32.7 Å². The maximum Gasteiger partial charge on any atom is 0.160 e. The van der Waals surface area contributed by atoms with Gasteiger partial charge in [0.2, 0.25) is 0 Å². The second kappa shape index (κ2) is 8.92. The van der Waals surface area contributed by atoms with Crippen LogP contribution in [0.5, 0.6) is 0 Å². The number of fused-ring (bicyclic) bond motifs is 10. The third-order valence-electron chi connectivity index (χ3n) is 8.36. The Labute approximate surface area is 241 Å². The molecule has 196 valence electrons. The number of nitrogens with zero attached hydrogens (tertiary/aromatic N) is 2. The van der Waals surface area contributed by atoms with E-state index in [9.17, 15) is 0 Å². The van der Waals surface area contributed by atoms with E-state index in [1.54, 1.807) is 0 Å². The van der Waals surface area contributed by atoms with Gasteiger partial charge in [-0.1, -0.05) is 121 Å². The lowest BCUT2D eigenvalue weighted by atomic mass is 9.99. The molecule has 0 spiro atoms. The van der Waals surface area contributed by atoms with E-state index < -0.39 is 0 Å². The van der Waals surface area contributed by atoms with Crippen LogP contribution in [0.4, 0.5) is 0 Å². The van der Waals surface area contributed by atoms with Gasteiger partial charge in [-0.05, 0) is 35.0 Å². The van der Waals surface area contributed by atoms with E-state index in [1.807, 2.05) is 18.2 Å². The summed E-state index contributed by atoms with van der Waals surface area (Å²) in [6.45, 7) is 0. The van der Waals surface area contributed by atoms with Crippen molar-refractivity contribution in [2.75, 3.05) is 0 Å². The Morgan fingerprint density at radius 2 is 1.00 bits per heavy atom. The second-order valence-electron chi connectivity index (χ2n) is 10.8. The number of para-hydroxylation sites is 2. The van der Waals surface area contributed by atoms with Gasteiger partial charge in [0.05, 0.1) is 28.1 Å². The van der Waals surface area contributed by atoms with Crippen LogP contribution in [-0.4, -0.2) is 9.55 Å². The van der Waals surface area contributed by atoms with E-state index in [1.165, 1.54) is 21.5 Å². The van der Waals surface area contributed by atoms with E-state index in [-0.39, 0.29) is 0 Å². The Bertz CT molecular complexity index is 2390. The zero-order chi connectivity index (χ0) is 27.6. The number of hydrogen-bond acceptors (Lipinski definition) is 2. The monoisotopic (exact) mass is 536 g/mol. The number of benzene rings is 6. The molecule has 9 aromatic rings. The lowest BCUT2D eigenvalue weighted by molar-refractivity contribution is 0.671. The lowest BCUT2D eigenvalue weighted by Crippen LogP contribution is -1.98. The summed E-state index contributed by atoms with van der Waals surface area (Å²) in [4.78, 5) is 5.15. The topological polar surface area (TPSA) is 31.0 Å². The molecule has 0 unspecified atom stereocenters. The number of pyridine rings is 1. The predicted molar refractivity (Wildman–Crippen MR) is 174 cm³/mol.